The first kappa shape index (κ1) is 21.1. The van der Waals surface area contributed by atoms with E-state index in [1.807, 2.05) is 56.8 Å². The van der Waals surface area contributed by atoms with Gasteiger partial charge in [0.2, 0.25) is 0 Å². The van der Waals surface area contributed by atoms with Crippen molar-refractivity contribution in [3.8, 4) is 33.9 Å². The first-order chi connectivity index (χ1) is 17.1. The van der Waals surface area contributed by atoms with E-state index in [-0.39, 0.29) is 5.82 Å². The summed E-state index contributed by atoms with van der Waals surface area (Å²) in [5.74, 6) is 0.322. The number of nitrogens with zero attached hydrogens (tertiary/aromatic N) is 5. The average molecular weight is 464 g/mol. The highest BCUT2D eigenvalue weighted by Gasteiger charge is 2.17. The lowest BCUT2D eigenvalue weighted by Crippen LogP contribution is -2.10. The second kappa shape index (κ2) is 8.41. The van der Waals surface area contributed by atoms with Gasteiger partial charge in [-0.1, -0.05) is 30.3 Å². The van der Waals surface area contributed by atoms with Gasteiger partial charge in [0.15, 0.2) is 5.82 Å². The van der Waals surface area contributed by atoms with Crippen LogP contribution in [0, 0.1) is 5.82 Å². The number of hydrogen-bond acceptors (Lipinski definition) is 5. The van der Waals surface area contributed by atoms with Crippen molar-refractivity contribution in [3.63, 3.8) is 0 Å². The number of pyridine rings is 2. The molecule has 4 heterocycles. The van der Waals surface area contributed by atoms with Crippen molar-refractivity contribution < 1.29 is 4.39 Å². The van der Waals surface area contributed by atoms with Crippen LogP contribution in [-0.2, 0) is 6.54 Å². The molecule has 7 nitrogen and oxygen atoms in total. The third kappa shape index (κ3) is 3.83. The molecule has 35 heavy (non-hydrogen) atoms. The molecule has 0 radical (unpaired) electrons. The summed E-state index contributed by atoms with van der Waals surface area (Å²) < 4.78 is 14.5. The van der Waals surface area contributed by atoms with Crippen LogP contribution in [0.4, 0.5) is 4.39 Å². The lowest BCUT2D eigenvalue weighted by molar-refractivity contribution is 0.402. The van der Waals surface area contributed by atoms with Gasteiger partial charge in [-0.25, -0.2) is 9.37 Å². The van der Waals surface area contributed by atoms with Crippen molar-refractivity contribution in [1.82, 2.24) is 35.0 Å². The zero-order chi connectivity index (χ0) is 23.9. The number of hydrogen-bond donors (Lipinski definition) is 2. The Hall–Kier alpha value is -4.43. The normalized spacial score (nSPS) is 11.7. The van der Waals surface area contributed by atoms with Gasteiger partial charge in [-0.3, -0.25) is 15.1 Å². The van der Waals surface area contributed by atoms with Crippen molar-refractivity contribution in [3.05, 3.63) is 84.6 Å². The van der Waals surface area contributed by atoms with Gasteiger partial charge in [-0.15, -0.1) is 0 Å². The maximum absolute atomic E-state index is 14.5. The third-order valence-corrected chi connectivity index (χ3v) is 5.94. The fourth-order valence-corrected chi connectivity index (χ4v) is 4.38. The van der Waals surface area contributed by atoms with E-state index in [1.54, 1.807) is 18.3 Å². The van der Waals surface area contributed by atoms with Crippen molar-refractivity contribution in [1.29, 1.82) is 0 Å². The number of imidazole rings is 1. The van der Waals surface area contributed by atoms with E-state index in [0.29, 0.717) is 22.6 Å². The van der Waals surface area contributed by atoms with Gasteiger partial charge < -0.3 is 9.88 Å². The molecule has 0 saturated heterocycles. The molecule has 0 bridgehead atoms. The summed E-state index contributed by atoms with van der Waals surface area (Å²) in [7, 11) is 4.05. The Bertz CT molecular complexity index is 1680. The van der Waals surface area contributed by atoms with Crippen LogP contribution in [0.5, 0.6) is 0 Å². The Morgan fingerprint density at radius 3 is 2.63 bits per heavy atom. The summed E-state index contributed by atoms with van der Waals surface area (Å²) in [6.07, 6.45) is 5.45. The van der Waals surface area contributed by atoms with E-state index >= 15 is 0 Å². The molecule has 0 unspecified atom stereocenters. The highest BCUT2D eigenvalue weighted by atomic mass is 19.1. The fraction of sp³-hybridized carbons (Fsp3) is 0.111. The van der Waals surface area contributed by atoms with Gasteiger partial charge in [-0.2, -0.15) is 5.10 Å². The van der Waals surface area contributed by atoms with Crippen molar-refractivity contribution >= 4 is 21.9 Å². The Kier molecular flexibility index (Phi) is 5.08. The summed E-state index contributed by atoms with van der Waals surface area (Å²) in [4.78, 5) is 19.3. The summed E-state index contributed by atoms with van der Waals surface area (Å²) in [5, 5.41) is 8.45. The summed E-state index contributed by atoms with van der Waals surface area (Å²) in [5.41, 5.74) is 7.08. The van der Waals surface area contributed by atoms with Crippen LogP contribution in [0.1, 0.15) is 5.56 Å². The maximum Gasteiger partial charge on any atom is 0.159 e. The third-order valence-electron chi connectivity index (χ3n) is 5.94. The van der Waals surface area contributed by atoms with Crippen LogP contribution in [0.3, 0.4) is 0 Å². The standard InChI is InChI=1S/C27H22FN7/c1-35(2)15-16-10-17(13-29-12-16)23-11-20-24(14-30-23)33-34-26(20)27-31-22-9-5-7-19(25(22)32-27)18-6-3-4-8-21(18)28/h3-14H,15H2,1-2H3,(H,31,32)(H,33,34). The van der Waals surface area contributed by atoms with Gasteiger partial charge in [0.05, 0.1) is 28.4 Å². The maximum atomic E-state index is 14.5. The van der Waals surface area contributed by atoms with E-state index in [0.717, 1.165) is 45.3 Å². The van der Waals surface area contributed by atoms with Crippen LogP contribution in [0.25, 0.3) is 55.8 Å². The molecule has 2 aromatic carbocycles. The van der Waals surface area contributed by atoms with Crippen molar-refractivity contribution in [2.24, 2.45) is 0 Å². The zero-order valence-corrected chi connectivity index (χ0v) is 19.2. The SMILES string of the molecule is CN(C)Cc1cncc(-c2cc3c(-c4nc5c(-c6ccccc6F)cccc5[nH]4)n[nH]c3cn2)c1. The van der Waals surface area contributed by atoms with E-state index in [9.17, 15) is 4.39 Å². The topological polar surface area (TPSA) is 86.4 Å². The van der Waals surface area contributed by atoms with E-state index in [2.05, 4.69) is 36.1 Å². The molecule has 172 valence electrons. The molecule has 0 aliphatic carbocycles. The lowest BCUT2D eigenvalue weighted by atomic mass is 10.0. The number of rotatable bonds is 5. The molecule has 0 fully saturated rings. The number of nitrogens with one attached hydrogen (secondary N) is 2. The fourth-order valence-electron chi connectivity index (χ4n) is 4.38. The van der Waals surface area contributed by atoms with Crippen LogP contribution in [0.2, 0.25) is 0 Å². The molecule has 6 rings (SSSR count). The minimum Gasteiger partial charge on any atom is -0.337 e. The summed E-state index contributed by atoms with van der Waals surface area (Å²) >= 11 is 0. The second-order valence-corrected chi connectivity index (χ2v) is 8.77. The molecule has 0 saturated carbocycles. The largest absolute Gasteiger partial charge is 0.337 e. The zero-order valence-electron chi connectivity index (χ0n) is 19.2. The molecule has 6 aromatic rings. The van der Waals surface area contributed by atoms with Crippen LogP contribution in [0.15, 0.2) is 73.2 Å². The van der Waals surface area contributed by atoms with Crippen LogP contribution < -0.4 is 0 Å². The Morgan fingerprint density at radius 1 is 0.914 bits per heavy atom. The Morgan fingerprint density at radius 2 is 1.77 bits per heavy atom. The van der Waals surface area contributed by atoms with Gasteiger partial charge in [0, 0.05) is 41.0 Å². The highest BCUT2D eigenvalue weighted by Crippen LogP contribution is 2.33. The van der Waals surface area contributed by atoms with Crippen LogP contribution in [-0.4, -0.2) is 49.1 Å². The molecule has 0 atom stereocenters. The number of fused-ring (bicyclic) bond motifs is 2. The smallest absolute Gasteiger partial charge is 0.159 e. The number of halogens is 1. The molecular formula is C27H22FN7. The highest BCUT2D eigenvalue weighted by molar-refractivity contribution is 5.97. The monoisotopic (exact) mass is 463 g/mol. The van der Waals surface area contributed by atoms with Gasteiger partial charge >= 0.3 is 0 Å². The van der Waals surface area contributed by atoms with Crippen molar-refractivity contribution in [2.45, 2.75) is 6.54 Å². The van der Waals surface area contributed by atoms with Crippen molar-refractivity contribution in [2.75, 3.05) is 14.1 Å². The predicted molar refractivity (Wildman–Crippen MR) is 135 cm³/mol. The molecule has 0 aliphatic heterocycles. The molecule has 0 amide bonds. The number of aromatic amines is 2. The molecule has 0 spiro atoms. The lowest BCUT2D eigenvalue weighted by Gasteiger charge is -2.10. The number of para-hydroxylation sites is 1. The number of H-pyrrole nitrogens is 2. The van der Waals surface area contributed by atoms with E-state index < -0.39 is 0 Å². The Balaban J connectivity index is 1.46. The van der Waals surface area contributed by atoms with Gasteiger partial charge in [0.1, 0.15) is 11.5 Å². The molecule has 0 aliphatic rings. The quantitative estimate of drug-likeness (QED) is 0.356. The number of benzene rings is 2. The first-order valence-corrected chi connectivity index (χ1v) is 11.2. The van der Waals surface area contributed by atoms with E-state index in [4.69, 9.17) is 4.98 Å². The Labute approximate surface area is 200 Å². The van der Waals surface area contributed by atoms with Gasteiger partial charge in [-0.05, 0) is 43.9 Å². The number of aromatic nitrogens is 6. The van der Waals surface area contributed by atoms with E-state index in [1.165, 1.54) is 6.07 Å². The summed E-state index contributed by atoms with van der Waals surface area (Å²) in [6.45, 7) is 0.795. The molecule has 4 aromatic heterocycles. The second-order valence-electron chi connectivity index (χ2n) is 8.77. The molecule has 8 heteroatoms. The molecule has 2 N–H and O–H groups in total. The minimum atomic E-state index is -0.282. The average Bonchev–Trinajstić information content (AvgIpc) is 3.47. The first-order valence-electron chi connectivity index (χ1n) is 11.2. The van der Waals surface area contributed by atoms with Crippen LogP contribution >= 0.6 is 0 Å². The van der Waals surface area contributed by atoms with Gasteiger partial charge in [0.25, 0.3) is 0 Å². The molecular weight excluding hydrogens is 441 g/mol. The summed E-state index contributed by atoms with van der Waals surface area (Å²) in [6, 6.07) is 16.5. The predicted octanol–water partition coefficient (Wildman–Crippen LogP) is 5.43. The minimum absolute atomic E-state index is 0.282.